The fourth-order valence-corrected chi connectivity index (χ4v) is 5.05. The van der Waals surface area contributed by atoms with Crippen LogP contribution in [0.15, 0.2) is 41.3 Å². The van der Waals surface area contributed by atoms with Crippen molar-refractivity contribution < 1.29 is 9.90 Å². The molecule has 0 spiro atoms. The van der Waals surface area contributed by atoms with E-state index in [0.29, 0.717) is 23.4 Å². The predicted octanol–water partition coefficient (Wildman–Crippen LogP) is 3.40. The van der Waals surface area contributed by atoms with Crippen LogP contribution < -0.4 is 5.32 Å². The number of H-pyrrole nitrogens is 1. The second-order valence-corrected chi connectivity index (χ2v) is 8.80. The molecule has 2 aliphatic carbocycles. The third kappa shape index (κ3) is 2.85. The van der Waals surface area contributed by atoms with Crippen LogP contribution in [-0.4, -0.2) is 32.2 Å². The van der Waals surface area contributed by atoms with Crippen molar-refractivity contribution in [3.05, 3.63) is 57.4 Å². The third-order valence-electron chi connectivity index (χ3n) is 5.77. The van der Waals surface area contributed by atoms with Crippen molar-refractivity contribution in [3.63, 3.8) is 0 Å². The minimum atomic E-state index is -0.944. The van der Waals surface area contributed by atoms with Gasteiger partial charge in [-0.15, -0.1) is 0 Å². The summed E-state index contributed by atoms with van der Waals surface area (Å²) in [5.41, 5.74) is 1.21. The van der Waals surface area contributed by atoms with E-state index in [9.17, 15) is 9.90 Å². The van der Waals surface area contributed by atoms with E-state index in [1.165, 1.54) is 0 Å². The topological polar surface area (TPSA) is 90.9 Å². The molecule has 27 heavy (non-hydrogen) atoms. The molecule has 2 aliphatic rings. The van der Waals surface area contributed by atoms with Gasteiger partial charge in [0.15, 0.2) is 0 Å². The van der Waals surface area contributed by atoms with Crippen LogP contribution in [0, 0.1) is 11.8 Å². The zero-order valence-electron chi connectivity index (χ0n) is 14.1. The second kappa shape index (κ2) is 6.02. The molecule has 0 radical (unpaired) electrons. The van der Waals surface area contributed by atoms with Crippen LogP contribution in [-0.2, 0) is 5.60 Å². The fraction of sp³-hybridized carbons (Fsp3) is 0.316. The number of aromatic nitrogens is 3. The Morgan fingerprint density at radius 1 is 1.26 bits per heavy atom. The first-order chi connectivity index (χ1) is 12.9. The van der Waals surface area contributed by atoms with Crippen molar-refractivity contribution in [3.8, 4) is 0 Å². The molecule has 3 aromatic rings. The molecular weight excluding hydrogens is 432 g/mol. The highest BCUT2D eigenvalue weighted by atomic mass is 79.9. The molecule has 2 fully saturated rings. The summed E-state index contributed by atoms with van der Waals surface area (Å²) in [5.74, 6) is 0.395. The summed E-state index contributed by atoms with van der Waals surface area (Å²) >= 11 is 9.55. The monoisotopic (exact) mass is 446 g/mol. The van der Waals surface area contributed by atoms with Crippen molar-refractivity contribution in [1.82, 2.24) is 20.5 Å². The Bertz CT molecular complexity index is 1060. The fourth-order valence-electron chi connectivity index (χ4n) is 4.47. The van der Waals surface area contributed by atoms with E-state index >= 15 is 0 Å². The number of fused-ring (bicyclic) bond motifs is 2. The van der Waals surface area contributed by atoms with Gasteiger partial charge in [-0.25, -0.2) is 0 Å². The number of rotatable bonds is 3. The maximum Gasteiger partial charge on any atom is 0.253 e. The lowest BCUT2D eigenvalue weighted by Crippen LogP contribution is -2.33. The van der Waals surface area contributed by atoms with Gasteiger partial charge in [-0.3, -0.25) is 14.9 Å². The Labute approximate surface area is 168 Å². The van der Waals surface area contributed by atoms with Crippen molar-refractivity contribution in [2.45, 2.75) is 24.5 Å². The summed E-state index contributed by atoms with van der Waals surface area (Å²) < 4.78 is 0.769. The molecule has 0 saturated heterocycles. The quantitative estimate of drug-likeness (QED) is 0.574. The van der Waals surface area contributed by atoms with Crippen LogP contribution in [0.25, 0.3) is 10.9 Å². The summed E-state index contributed by atoms with van der Waals surface area (Å²) in [4.78, 5) is 16.5. The number of pyridine rings is 1. The van der Waals surface area contributed by atoms with E-state index in [0.717, 1.165) is 20.9 Å². The lowest BCUT2D eigenvalue weighted by molar-refractivity contribution is 0.0293. The van der Waals surface area contributed by atoms with E-state index in [1.54, 1.807) is 24.7 Å². The highest BCUT2D eigenvalue weighted by Gasteiger charge is 2.62. The Kier molecular flexibility index (Phi) is 3.83. The number of amides is 1. The van der Waals surface area contributed by atoms with Gasteiger partial charge in [0, 0.05) is 33.3 Å². The molecule has 4 atom stereocenters. The molecule has 1 aromatic carbocycles. The molecule has 1 amide bonds. The van der Waals surface area contributed by atoms with Crippen molar-refractivity contribution >= 4 is 44.3 Å². The van der Waals surface area contributed by atoms with Crippen LogP contribution in [0.3, 0.4) is 0 Å². The molecule has 5 rings (SSSR count). The maximum atomic E-state index is 12.4. The normalized spacial score (nSPS) is 28.9. The van der Waals surface area contributed by atoms with Gasteiger partial charge in [-0.05, 0) is 64.4 Å². The lowest BCUT2D eigenvalue weighted by atomic mass is 9.86. The lowest BCUT2D eigenvalue weighted by Gasteiger charge is -2.27. The number of aliphatic hydroxyl groups is 1. The number of aromatic amines is 1. The highest BCUT2D eigenvalue weighted by Crippen LogP contribution is 2.60. The van der Waals surface area contributed by atoms with Gasteiger partial charge in [0.25, 0.3) is 5.91 Å². The van der Waals surface area contributed by atoms with Gasteiger partial charge in [-0.1, -0.05) is 11.6 Å². The molecule has 2 aromatic heterocycles. The number of hydrogen-bond acceptors (Lipinski definition) is 4. The van der Waals surface area contributed by atoms with E-state index in [2.05, 4.69) is 36.4 Å². The van der Waals surface area contributed by atoms with Crippen LogP contribution in [0.2, 0.25) is 5.02 Å². The number of nitrogens with one attached hydrogen (secondary N) is 2. The van der Waals surface area contributed by atoms with Crippen molar-refractivity contribution in [1.29, 1.82) is 0 Å². The molecule has 2 saturated carbocycles. The van der Waals surface area contributed by atoms with Gasteiger partial charge in [0.05, 0.1) is 22.9 Å². The third-order valence-corrected chi connectivity index (χ3v) is 6.42. The van der Waals surface area contributed by atoms with Crippen LogP contribution >= 0.6 is 27.5 Å². The van der Waals surface area contributed by atoms with E-state index in [-0.39, 0.29) is 23.8 Å². The van der Waals surface area contributed by atoms with E-state index in [4.69, 9.17) is 11.6 Å². The summed E-state index contributed by atoms with van der Waals surface area (Å²) in [5, 5.41) is 22.8. The summed E-state index contributed by atoms with van der Waals surface area (Å²) in [6, 6.07) is 5.47. The number of carbonyl (C=O) groups excluding carboxylic acids is 1. The van der Waals surface area contributed by atoms with E-state index < -0.39 is 5.60 Å². The van der Waals surface area contributed by atoms with Crippen molar-refractivity contribution in [2.24, 2.45) is 11.8 Å². The molecule has 2 heterocycles. The molecule has 3 N–H and O–H groups in total. The molecule has 8 heteroatoms. The van der Waals surface area contributed by atoms with Crippen molar-refractivity contribution in [2.75, 3.05) is 0 Å². The summed E-state index contributed by atoms with van der Waals surface area (Å²) in [7, 11) is 0. The standard InChI is InChI=1S/C19H16BrClN4O2/c20-10-1-9(6-22-7-10)18(26)24-17-12-4-19(27,5-13(12)17)15-2-11(21)3-16-14(15)8-23-25-16/h1-3,6-8,12-13,17,27H,4-5H2,(H,23,25)(H,24,26)/t12-,13+,17?,19?. The number of halogens is 2. The smallest absolute Gasteiger partial charge is 0.253 e. The molecular formula is C19H16BrClN4O2. The molecule has 0 bridgehead atoms. The highest BCUT2D eigenvalue weighted by molar-refractivity contribution is 9.10. The van der Waals surface area contributed by atoms with Gasteiger partial charge in [-0.2, -0.15) is 5.10 Å². The molecule has 138 valence electrons. The Hall–Kier alpha value is -1.96. The molecule has 6 nitrogen and oxygen atoms in total. The van der Waals surface area contributed by atoms with Crippen LogP contribution in [0.5, 0.6) is 0 Å². The number of carbonyl (C=O) groups is 1. The molecule has 0 aliphatic heterocycles. The first kappa shape index (κ1) is 17.2. The Morgan fingerprint density at radius 3 is 2.78 bits per heavy atom. The SMILES string of the molecule is O=C(NC1[C@H]2CC(O)(c3cc(Cl)cc4[nH]ncc34)C[C@@H]12)c1cncc(Br)c1. The first-order valence-electron chi connectivity index (χ1n) is 8.71. The largest absolute Gasteiger partial charge is 0.385 e. The Balaban J connectivity index is 1.33. The number of hydrogen-bond donors (Lipinski definition) is 3. The number of nitrogens with zero attached hydrogens (tertiary/aromatic N) is 2. The zero-order valence-corrected chi connectivity index (χ0v) is 16.5. The maximum absolute atomic E-state index is 12.4. The van der Waals surface area contributed by atoms with Gasteiger partial charge >= 0.3 is 0 Å². The van der Waals surface area contributed by atoms with Gasteiger partial charge in [0.1, 0.15) is 0 Å². The van der Waals surface area contributed by atoms with Gasteiger partial charge in [0.2, 0.25) is 0 Å². The summed E-state index contributed by atoms with van der Waals surface area (Å²) in [6.45, 7) is 0. The Morgan fingerprint density at radius 2 is 2.04 bits per heavy atom. The second-order valence-electron chi connectivity index (χ2n) is 7.44. The molecule has 2 unspecified atom stereocenters. The minimum Gasteiger partial charge on any atom is -0.385 e. The number of benzene rings is 1. The summed E-state index contributed by atoms with van der Waals surface area (Å²) in [6.07, 6.45) is 6.11. The van der Waals surface area contributed by atoms with Crippen LogP contribution in [0.4, 0.5) is 0 Å². The van der Waals surface area contributed by atoms with E-state index in [1.807, 2.05) is 12.1 Å². The van der Waals surface area contributed by atoms with Crippen LogP contribution in [0.1, 0.15) is 28.8 Å². The average Bonchev–Trinajstić information content (AvgIpc) is 3.01. The first-order valence-corrected chi connectivity index (χ1v) is 9.89. The average molecular weight is 448 g/mol. The predicted molar refractivity (Wildman–Crippen MR) is 104 cm³/mol. The minimum absolute atomic E-state index is 0.0933. The zero-order chi connectivity index (χ0) is 18.8. The van der Waals surface area contributed by atoms with Gasteiger partial charge < -0.3 is 10.4 Å².